The Balaban J connectivity index is 0.00000200. The van der Waals surface area contributed by atoms with Gasteiger partial charge in [-0.1, -0.05) is 0 Å². The first kappa shape index (κ1) is 17.5. The van der Waals surface area contributed by atoms with Crippen LogP contribution in [0.25, 0.3) is 0 Å². The number of nitrogens with one attached hydrogen (secondary N) is 2. The van der Waals surface area contributed by atoms with Crippen LogP contribution in [0.3, 0.4) is 0 Å². The Morgan fingerprint density at radius 2 is 1.85 bits per heavy atom. The summed E-state index contributed by atoms with van der Waals surface area (Å²) in [4.78, 5) is 11.9. The minimum Gasteiger partial charge on any atom is -0.378 e. The molecule has 2 aliphatic rings. The van der Waals surface area contributed by atoms with Gasteiger partial charge < -0.3 is 15.4 Å². The number of ether oxygens (including phenoxy) is 1. The van der Waals surface area contributed by atoms with E-state index >= 15 is 0 Å². The number of hydrogen-bond acceptors (Lipinski definition) is 3. The minimum atomic E-state index is -4.10. The molecule has 1 unspecified atom stereocenters. The summed E-state index contributed by atoms with van der Waals surface area (Å²) >= 11 is 0. The number of amides is 1. The van der Waals surface area contributed by atoms with Crippen molar-refractivity contribution in [3.63, 3.8) is 0 Å². The highest BCUT2D eigenvalue weighted by atomic mass is 35.5. The first-order chi connectivity index (χ1) is 8.97. The highest BCUT2D eigenvalue weighted by Gasteiger charge is 2.41. The molecule has 0 radical (unpaired) electrons. The summed E-state index contributed by atoms with van der Waals surface area (Å²) in [5.41, 5.74) is 0. The number of morpholine rings is 1. The zero-order chi connectivity index (χ0) is 13.9. The van der Waals surface area contributed by atoms with Gasteiger partial charge in [-0.2, -0.15) is 13.2 Å². The molecule has 2 N–H and O–H groups in total. The van der Waals surface area contributed by atoms with E-state index in [0.717, 1.165) is 0 Å². The molecule has 20 heavy (non-hydrogen) atoms. The molecule has 2 fully saturated rings. The van der Waals surface area contributed by atoms with Gasteiger partial charge in [0.25, 0.3) is 0 Å². The average Bonchev–Trinajstić information content (AvgIpc) is 2.39. The Morgan fingerprint density at radius 3 is 2.35 bits per heavy atom. The molecule has 1 saturated heterocycles. The molecule has 1 heterocycles. The van der Waals surface area contributed by atoms with Gasteiger partial charge in [0.1, 0.15) is 6.04 Å². The maximum absolute atomic E-state index is 12.5. The lowest BCUT2D eigenvalue weighted by Crippen LogP contribution is -2.53. The van der Waals surface area contributed by atoms with Crippen molar-refractivity contribution in [2.45, 2.75) is 43.9 Å². The monoisotopic (exact) mass is 316 g/mol. The molecule has 0 aromatic rings. The van der Waals surface area contributed by atoms with E-state index in [1.807, 2.05) is 0 Å². The van der Waals surface area contributed by atoms with Crippen molar-refractivity contribution in [3.05, 3.63) is 0 Å². The molecule has 1 aliphatic carbocycles. The van der Waals surface area contributed by atoms with Gasteiger partial charge >= 0.3 is 6.18 Å². The topological polar surface area (TPSA) is 50.4 Å². The highest BCUT2D eigenvalue weighted by Crippen LogP contribution is 2.37. The Bertz CT molecular complexity index is 314. The number of rotatable bonds is 2. The van der Waals surface area contributed by atoms with Crippen LogP contribution in [0.15, 0.2) is 0 Å². The summed E-state index contributed by atoms with van der Waals surface area (Å²) in [6.07, 6.45) is -3.12. The Hall–Kier alpha value is -0.530. The molecule has 1 saturated carbocycles. The molecular weight excluding hydrogens is 297 g/mol. The van der Waals surface area contributed by atoms with Crippen LogP contribution in [0, 0.1) is 5.92 Å². The molecule has 118 valence electrons. The van der Waals surface area contributed by atoms with Crippen LogP contribution in [0.4, 0.5) is 13.2 Å². The number of carbonyl (C=O) groups excluding carboxylic acids is 1. The van der Waals surface area contributed by atoms with Gasteiger partial charge in [0.15, 0.2) is 0 Å². The molecule has 8 heteroatoms. The maximum atomic E-state index is 12.5. The molecular formula is C12H20ClF3N2O2. The van der Waals surface area contributed by atoms with Gasteiger partial charge in [0, 0.05) is 12.6 Å². The van der Waals surface area contributed by atoms with Crippen molar-refractivity contribution in [3.8, 4) is 0 Å². The Kier molecular flexibility index (Phi) is 6.54. The van der Waals surface area contributed by atoms with Crippen LogP contribution < -0.4 is 10.6 Å². The van der Waals surface area contributed by atoms with E-state index in [-0.39, 0.29) is 43.2 Å². The van der Waals surface area contributed by atoms with E-state index in [0.29, 0.717) is 32.6 Å². The molecule has 0 spiro atoms. The number of alkyl halides is 3. The molecule has 0 aromatic carbocycles. The fourth-order valence-corrected chi connectivity index (χ4v) is 2.60. The van der Waals surface area contributed by atoms with Gasteiger partial charge in [-0.3, -0.25) is 4.79 Å². The second-order valence-corrected chi connectivity index (χ2v) is 5.18. The number of halogens is 4. The Labute approximate surface area is 122 Å². The first-order valence-electron chi connectivity index (χ1n) is 6.65. The lowest BCUT2D eigenvalue weighted by Gasteiger charge is -2.32. The van der Waals surface area contributed by atoms with Gasteiger partial charge in [-0.05, 0) is 25.7 Å². The second kappa shape index (κ2) is 7.47. The molecule has 0 bridgehead atoms. The normalized spacial score (nSPS) is 31.2. The number of carbonyl (C=O) groups is 1. The fourth-order valence-electron chi connectivity index (χ4n) is 2.60. The Morgan fingerprint density at radius 1 is 1.20 bits per heavy atom. The SMILES string of the molecule is Cl.O=C(NC1CCC(C(F)(F)F)CC1)C1COCCN1. The van der Waals surface area contributed by atoms with Crippen LogP contribution in [-0.2, 0) is 9.53 Å². The van der Waals surface area contributed by atoms with Crippen molar-refractivity contribution in [2.75, 3.05) is 19.8 Å². The summed E-state index contributed by atoms with van der Waals surface area (Å²) in [6, 6.07) is -0.524. The van der Waals surface area contributed by atoms with Crippen LogP contribution in [0.2, 0.25) is 0 Å². The quantitative estimate of drug-likeness (QED) is 0.814. The molecule has 1 amide bonds. The molecule has 0 aromatic heterocycles. The van der Waals surface area contributed by atoms with Crippen molar-refractivity contribution in [1.29, 1.82) is 0 Å². The van der Waals surface area contributed by atoms with Gasteiger partial charge in [-0.15, -0.1) is 12.4 Å². The van der Waals surface area contributed by atoms with Crippen LogP contribution >= 0.6 is 12.4 Å². The maximum Gasteiger partial charge on any atom is 0.391 e. The van der Waals surface area contributed by atoms with Gasteiger partial charge in [-0.25, -0.2) is 0 Å². The zero-order valence-corrected chi connectivity index (χ0v) is 11.9. The number of hydrogen-bond donors (Lipinski definition) is 2. The van der Waals surface area contributed by atoms with E-state index in [1.165, 1.54) is 0 Å². The van der Waals surface area contributed by atoms with Crippen molar-refractivity contribution < 1.29 is 22.7 Å². The lowest BCUT2D eigenvalue weighted by molar-refractivity contribution is -0.182. The first-order valence-corrected chi connectivity index (χ1v) is 6.65. The second-order valence-electron chi connectivity index (χ2n) is 5.18. The third kappa shape index (κ3) is 4.79. The van der Waals surface area contributed by atoms with E-state index in [2.05, 4.69) is 10.6 Å². The summed E-state index contributed by atoms with van der Waals surface area (Å²) in [5.74, 6) is -1.38. The summed E-state index contributed by atoms with van der Waals surface area (Å²) in [6.45, 7) is 1.53. The van der Waals surface area contributed by atoms with E-state index in [1.54, 1.807) is 0 Å². The van der Waals surface area contributed by atoms with E-state index in [9.17, 15) is 18.0 Å². The van der Waals surface area contributed by atoms with Crippen molar-refractivity contribution >= 4 is 18.3 Å². The largest absolute Gasteiger partial charge is 0.391 e. The average molecular weight is 317 g/mol. The minimum absolute atomic E-state index is 0. The molecule has 4 nitrogen and oxygen atoms in total. The van der Waals surface area contributed by atoms with Crippen LogP contribution in [-0.4, -0.2) is 43.9 Å². The smallest absolute Gasteiger partial charge is 0.378 e. The summed E-state index contributed by atoms with van der Waals surface area (Å²) < 4.78 is 42.7. The molecule has 2 rings (SSSR count). The van der Waals surface area contributed by atoms with Crippen molar-refractivity contribution in [1.82, 2.24) is 10.6 Å². The van der Waals surface area contributed by atoms with Crippen LogP contribution in [0.1, 0.15) is 25.7 Å². The van der Waals surface area contributed by atoms with E-state index < -0.39 is 12.1 Å². The predicted octanol–water partition coefficient (Wildman–Crippen LogP) is 1.63. The van der Waals surface area contributed by atoms with Crippen LogP contribution in [0.5, 0.6) is 0 Å². The fraction of sp³-hybridized carbons (Fsp3) is 0.917. The standard InChI is InChI=1S/C12H19F3N2O2.ClH/c13-12(14,15)8-1-3-9(4-2-8)17-11(18)10-7-19-6-5-16-10;/h8-10,16H,1-7H2,(H,17,18);1H. The third-order valence-corrected chi connectivity index (χ3v) is 3.77. The highest BCUT2D eigenvalue weighted by molar-refractivity contribution is 5.85. The zero-order valence-electron chi connectivity index (χ0n) is 11.0. The van der Waals surface area contributed by atoms with Crippen molar-refractivity contribution in [2.24, 2.45) is 5.92 Å². The summed E-state index contributed by atoms with van der Waals surface area (Å²) in [7, 11) is 0. The summed E-state index contributed by atoms with van der Waals surface area (Å²) in [5, 5.41) is 5.84. The molecule has 1 aliphatic heterocycles. The predicted molar refractivity (Wildman–Crippen MR) is 69.8 cm³/mol. The molecule has 1 atom stereocenters. The lowest BCUT2D eigenvalue weighted by atomic mass is 9.85. The van der Waals surface area contributed by atoms with Gasteiger partial charge in [0.05, 0.1) is 19.1 Å². The third-order valence-electron chi connectivity index (χ3n) is 3.77. The van der Waals surface area contributed by atoms with Gasteiger partial charge in [0.2, 0.25) is 5.91 Å². The van der Waals surface area contributed by atoms with E-state index in [4.69, 9.17) is 4.74 Å².